The standard InChI is InChI=1S/C21H24N4O2S/c1-3-9-16(15-10-5-4-6-11-15)20(27)25-24-19(26)14(2)22-21-23-17-12-7-8-13-18(17)28-21/h4-8,10-14,16H,3,9H2,1-2H3,(H,22,23)(H,24,26)(H,25,27)/t14-,16+/m1/s1. The summed E-state index contributed by atoms with van der Waals surface area (Å²) in [6, 6.07) is 16.9. The van der Waals surface area contributed by atoms with E-state index in [0.717, 1.165) is 22.2 Å². The maximum Gasteiger partial charge on any atom is 0.260 e. The van der Waals surface area contributed by atoms with E-state index in [1.54, 1.807) is 6.92 Å². The summed E-state index contributed by atoms with van der Waals surface area (Å²) in [6.07, 6.45) is 1.59. The molecule has 0 unspecified atom stereocenters. The third kappa shape index (κ3) is 4.86. The molecule has 1 heterocycles. The molecule has 0 bridgehead atoms. The van der Waals surface area contributed by atoms with Gasteiger partial charge in [0.05, 0.1) is 16.1 Å². The molecule has 2 atom stereocenters. The van der Waals surface area contributed by atoms with Crippen LogP contribution in [0, 0.1) is 0 Å². The summed E-state index contributed by atoms with van der Waals surface area (Å²) in [6.45, 7) is 3.76. The molecule has 0 spiro atoms. The average Bonchev–Trinajstić information content (AvgIpc) is 3.12. The number of rotatable bonds is 7. The molecule has 0 saturated heterocycles. The molecule has 28 heavy (non-hydrogen) atoms. The Morgan fingerprint density at radius 2 is 1.68 bits per heavy atom. The van der Waals surface area contributed by atoms with Crippen LogP contribution >= 0.6 is 11.3 Å². The topological polar surface area (TPSA) is 83.1 Å². The Kier molecular flexibility index (Phi) is 6.60. The number of hydrogen-bond donors (Lipinski definition) is 3. The van der Waals surface area contributed by atoms with Crippen molar-refractivity contribution in [2.24, 2.45) is 0 Å². The summed E-state index contributed by atoms with van der Waals surface area (Å²) in [7, 11) is 0. The molecular formula is C21H24N4O2S. The zero-order valence-electron chi connectivity index (χ0n) is 15.9. The van der Waals surface area contributed by atoms with Crippen molar-refractivity contribution in [1.82, 2.24) is 15.8 Å². The number of hydrogen-bond acceptors (Lipinski definition) is 5. The summed E-state index contributed by atoms with van der Waals surface area (Å²) in [5.74, 6) is -0.830. The van der Waals surface area contributed by atoms with Crippen LogP contribution in [0.15, 0.2) is 54.6 Å². The van der Waals surface area contributed by atoms with Gasteiger partial charge >= 0.3 is 0 Å². The van der Waals surface area contributed by atoms with E-state index < -0.39 is 6.04 Å². The molecule has 3 N–H and O–H groups in total. The predicted molar refractivity (Wildman–Crippen MR) is 113 cm³/mol. The smallest absolute Gasteiger partial charge is 0.260 e. The van der Waals surface area contributed by atoms with Crippen LogP contribution in [-0.2, 0) is 9.59 Å². The van der Waals surface area contributed by atoms with Crippen molar-refractivity contribution in [2.45, 2.75) is 38.6 Å². The van der Waals surface area contributed by atoms with Crippen LogP contribution < -0.4 is 16.2 Å². The Hall–Kier alpha value is -2.93. The number of nitrogens with zero attached hydrogens (tertiary/aromatic N) is 1. The lowest BCUT2D eigenvalue weighted by Gasteiger charge is -2.18. The largest absolute Gasteiger partial charge is 0.350 e. The Morgan fingerprint density at radius 3 is 2.39 bits per heavy atom. The molecule has 146 valence electrons. The van der Waals surface area contributed by atoms with Crippen LogP contribution in [0.25, 0.3) is 10.2 Å². The molecule has 1 aromatic heterocycles. The third-order valence-electron chi connectivity index (χ3n) is 4.43. The second kappa shape index (κ2) is 9.32. The number of carbonyl (C=O) groups is 2. The zero-order chi connectivity index (χ0) is 19.9. The molecule has 0 saturated carbocycles. The van der Waals surface area contributed by atoms with E-state index in [1.807, 2.05) is 61.5 Å². The van der Waals surface area contributed by atoms with Crippen molar-refractivity contribution in [2.75, 3.05) is 5.32 Å². The van der Waals surface area contributed by atoms with E-state index in [1.165, 1.54) is 11.3 Å². The molecule has 0 fully saturated rings. The highest BCUT2D eigenvalue weighted by Crippen LogP contribution is 2.25. The maximum atomic E-state index is 12.6. The van der Waals surface area contributed by atoms with E-state index >= 15 is 0 Å². The first-order valence-corrected chi connectivity index (χ1v) is 10.2. The number of carbonyl (C=O) groups excluding carboxylic acids is 2. The van der Waals surface area contributed by atoms with Gasteiger partial charge in [0.2, 0.25) is 5.91 Å². The number of fused-ring (bicyclic) bond motifs is 1. The van der Waals surface area contributed by atoms with Gasteiger partial charge in [-0.05, 0) is 31.0 Å². The second-order valence-corrected chi connectivity index (χ2v) is 7.61. The lowest BCUT2D eigenvalue weighted by molar-refractivity contribution is -0.130. The minimum atomic E-state index is -0.540. The molecule has 0 aliphatic rings. The predicted octanol–water partition coefficient (Wildman–Crippen LogP) is 3.83. The highest BCUT2D eigenvalue weighted by Gasteiger charge is 2.21. The number of amides is 2. The summed E-state index contributed by atoms with van der Waals surface area (Å²) < 4.78 is 1.05. The molecular weight excluding hydrogens is 372 g/mol. The Labute approximate surface area is 168 Å². The van der Waals surface area contributed by atoms with E-state index in [2.05, 4.69) is 21.2 Å². The van der Waals surface area contributed by atoms with Crippen LogP contribution in [-0.4, -0.2) is 22.8 Å². The lowest BCUT2D eigenvalue weighted by atomic mass is 9.94. The van der Waals surface area contributed by atoms with Crippen LogP contribution in [0.1, 0.15) is 38.2 Å². The van der Waals surface area contributed by atoms with Gasteiger partial charge in [0.25, 0.3) is 5.91 Å². The summed E-state index contributed by atoms with van der Waals surface area (Å²) in [4.78, 5) is 29.4. The molecule has 6 nitrogen and oxygen atoms in total. The minimum absolute atomic E-state index is 0.214. The van der Waals surface area contributed by atoms with Crippen LogP contribution in [0.3, 0.4) is 0 Å². The average molecular weight is 397 g/mol. The summed E-state index contributed by atoms with van der Waals surface area (Å²) in [5, 5.41) is 3.75. The number of hydrazine groups is 1. The third-order valence-corrected chi connectivity index (χ3v) is 5.40. The SMILES string of the molecule is CCC[C@H](C(=O)NNC(=O)[C@@H](C)Nc1nc2ccccc2s1)c1ccccc1. The van der Waals surface area contributed by atoms with Gasteiger partial charge in [-0.3, -0.25) is 20.4 Å². The molecule has 2 aromatic carbocycles. The van der Waals surface area contributed by atoms with Gasteiger partial charge in [-0.15, -0.1) is 0 Å². The van der Waals surface area contributed by atoms with Crippen molar-refractivity contribution < 1.29 is 9.59 Å². The fourth-order valence-corrected chi connectivity index (χ4v) is 3.88. The molecule has 7 heteroatoms. The molecule has 3 rings (SSSR count). The van der Waals surface area contributed by atoms with E-state index in [4.69, 9.17) is 0 Å². The van der Waals surface area contributed by atoms with E-state index in [-0.39, 0.29) is 17.7 Å². The van der Waals surface area contributed by atoms with Gasteiger partial charge in [-0.1, -0.05) is 67.1 Å². The first kappa shape index (κ1) is 19.8. The number of thiazole rings is 1. The van der Waals surface area contributed by atoms with Crippen LogP contribution in [0.5, 0.6) is 0 Å². The van der Waals surface area contributed by atoms with Gasteiger partial charge in [-0.25, -0.2) is 4.98 Å². The van der Waals surface area contributed by atoms with Gasteiger partial charge in [-0.2, -0.15) is 0 Å². The van der Waals surface area contributed by atoms with Crippen molar-refractivity contribution in [3.63, 3.8) is 0 Å². The molecule has 0 aliphatic carbocycles. The second-order valence-electron chi connectivity index (χ2n) is 6.58. The molecule has 0 radical (unpaired) electrons. The number of nitrogens with one attached hydrogen (secondary N) is 3. The van der Waals surface area contributed by atoms with E-state index in [0.29, 0.717) is 11.6 Å². The first-order valence-electron chi connectivity index (χ1n) is 9.35. The molecule has 3 aromatic rings. The fraction of sp³-hybridized carbons (Fsp3) is 0.286. The number of aromatic nitrogens is 1. The van der Waals surface area contributed by atoms with Crippen LogP contribution in [0.4, 0.5) is 5.13 Å². The van der Waals surface area contributed by atoms with E-state index in [9.17, 15) is 9.59 Å². The first-order chi connectivity index (χ1) is 13.6. The monoisotopic (exact) mass is 396 g/mol. The lowest BCUT2D eigenvalue weighted by Crippen LogP contribution is -2.49. The summed E-state index contributed by atoms with van der Waals surface area (Å²) in [5.41, 5.74) is 6.92. The highest BCUT2D eigenvalue weighted by molar-refractivity contribution is 7.22. The molecule has 0 aliphatic heterocycles. The molecule has 2 amide bonds. The number of anilines is 1. The zero-order valence-corrected chi connectivity index (χ0v) is 16.8. The summed E-state index contributed by atoms with van der Waals surface area (Å²) >= 11 is 1.49. The minimum Gasteiger partial charge on any atom is -0.350 e. The quantitative estimate of drug-likeness (QED) is 0.530. The van der Waals surface area contributed by atoms with Crippen molar-refractivity contribution in [3.8, 4) is 0 Å². The van der Waals surface area contributed by atoms with Gasteiger partial charge < -0.3 is 5.32 Å². The van der Waals surface area contributed by atoms with Crippen molar-refractivity contribution in [3.05, 3.63) is 60.2 Å². The highest BCUT2D eigenvalue weighted by atomic mass is 32.1. The number of benzene rings is 2. The van der Waals surface area contributed by atoms with Crippen molar-refractivity contribution >= 4 is 38.5 Å². The van der Waals surface area contributed by atoms with Gasteiger partial charge in [0, 0.05) is 0 Å². The maximum absolute atomic E-state index is 12.6. The van der Waals surface area contributed by atoms with Gasteiger partial charge in [0.15, 0.2) is 5.13 Å². The van der Waals surface area contributed by atoms with Crippen molar-refractivity contribution in [1.29, 1.82) is 0 Å². The Morgan fingerprint density at radius 1 is 1.00 bits per heavy atom. The Bertz CT molecular complexity index is 909. The number of para-hydroxylation sites is 1. The normalized spacial score (nSPS) is 12.9. The Balaban J connectivity index is 1.56. The van der Waals surface area contributed by atoms with Gasteiger partial charge in [0.1, 0.15) is 6.04 Å². The fourth-order valence-electron chi connectivity index (χ4n) is 2.93. The van der Waals surface area contributed by atoms with Crippen LogP contribution in [0.2, 0.25) is 0 Å².